The van der Waals surface area contributed by atoms with Gasteiger partial charge in [-0.1, -0.05) is 18.2 Å². The van der Waals surface area contributed by atoms with Crippen molar-refractivity contribution in [2.24, 2.45) is 5.73 Å². The molecule has 0 saturated heterocycles. The Morgan fingerprint density at radius 1 is 1.16 bits per heavy atom. The van der Waals surface area contributed by atoms with Gasteiger partial charge in [0.2, 0.25) is 0 Å². The van der Waals surface area contributed by atoms with E-state index in [2.05, 4.69) is 45.2 Å². The van der Waals surface area contributed by atoms with Gasteiger partial charge in [0, 0.05) is 22.9 Å². The van der Waals surface area contributed by atoms with Gasteiger partial charge in [-0.3, -0.25) is 4.98 Å². The number of halogens is 1. The minimum atomic E-state index is 0.0435. The van der Waals surface area contributed by atoms with Gasteiger partial charge in [-0.25, -0.2) is 0 Å². The van der Waals surface area contributed by atoms with Gasteiger partial charge >= 0.3 is 0 Å². The molecule has 3 rings (SSSR count). The summed E-state index contributed by atoms with van der Waals surface area (Å²) in [5, 5.41) is 0. The molecule has 0 fully saturated rings. The number of rotatable bonds is 3. The zero-order valence-corrected chi connectivity index (χ0v) is 12.4. The summed E-state index contributed by atoms with van der Waals surface area (Å²) >= 11 is 3.45. The van der Waals surface area contributed by atoms with Crippen LogP contribution in [0.4, 0.5) is 0 Å². The van der Waals surface area contributed by atoms with Crippen molar-refractivity contribution in [1.29, 1.82) is 0 Å². The number of fused-ring (bicyclic) bond motifs is 1. The Morgan fingerprint density at radius 3 is 2.84 bits per heavy atom. The summed E-state index contributed by atoms with van der Waals surface area (Å²) in [7, 11) is 0. The van der Waals surface area contributed by atoms with Crippen molar-refractivity contribution < 1.29 is 0 Å². The Balaban J connectivity index is 1.78. The van der Waals surface area contributed by atoms with Crippen LogP contribution in [0.1, 0.15) is 34.7 Å². The molecule has 1 aliphatic rings. The molecule has 98 valence electrons. The smallest absolute Gasteiger partial charge is 0.0410 e. The lowest BCUT2D eigenvalue weighted by Gasteiger charge is -2.13. The second-order valence-electron chi connectivity index (χ2n) is 5.20. The maximum absolute atomic E-state index is 6.33. The predicted molar refractivity (Wildman–Crippen MR) is 81.0 cm³/mol. The average Bonchev–Trinajstić information content (AvgIpc) is 2.85. The highest BCUT2D eigenvalue weighted by molar-refractivity contribution is 9.10. The van der Waals surface area contributed by atoms with Crippen LogP contribution < -0.4 is 5.73 Å². The first-order valence-electron chi connectivity index (χ1n) is 6.69. The molecular weight excluding hydrogens is 300 g/mol. The number of hydrogen-bond acceptors (Lipinski definition) is 2. The molecule has 1 heterocycles. The van der Waals surface area contributed by atoms with E-state index < -0.39 is 0 Å². The molecule has 2 nitrogen and oxygen atoms in total. The zero-order valence-electron chi connectivity index (χ0n) is 10.8. The highest BCUT2D eigenvalue weighted by Crippen LogP contribution is 2.26. The number of pyridine rings is 1. The number of aryl methyl sites for hydroxylation is 2. The van der Waals surface area contributed by atoms with Crippen LogP contribution in [0.15, 0.2) is 41.1 Å². The lowest BCUT2D eigenvalue weighted by atomic mass is 9.97. The largest absolute Gasteiger partial charge is 0.324 e. The Hall–Kier alpha value is -1.19. The highest BCUT2D eigenvalue weighted by atomic mass is 79.9. The van der Waals surface area contributed by atoms with Crippen molar-refractivity contribution in [3.8, 4) is 0 Å². The van der Waals surface area contributed by atoms with E-state index in [9.17, 15) is 0 Å². The summed E-state index contributed by atoms with van der Waals surface area (Å²) in [5.41, 5.74) is 11.7. The second-order valence-corrected chi connectivity index (χ2v) is 6.12. The lowest BCUT2D eigenvalue weighted by molar-refractivity contribution is 0.718. The minimum absolute atomic E-state index is 0.0435. The molecule has 0 saturated carbocycles. The normalized spacial score (nSPS) is 15.3. The van der Waals surface area contributed by atoms with Crippen molar-refractivity contribution in [3.63, 3.8) is 0 Å². The number of hydrogen-bond donors (Lipinski definition) is 1. The van der Waals surface area contributed by atoms with Gasteiger partial charge in [-0.2, -0.15) is 0 Å². The van der Waals surface area contributed by atoms with Crippen LogP contribution in [-0.2, 0) is 19.3 Å². The summed E-state index contributed by atoms with van der Waals surface area (Å²) in [5.74, 6) is 0. The van der Waals surface area contributed by atoms with E-state index in [4.69, 9.17) is 5.73 Å². The van der Waals surface area contributed by atoms with Crippen molar-refractivity contribution in [2.75, 3.05) is 0 Å². The van der Waals surface area contributed by atoms with Gasteiger partial charge in [-0.05, 0) is 69.9 Å². The molecular formula is C16H17BrN2. The summed E-state index contributed by atoms with van der Waals surface area (Å²) in [6.07, 6.45) is 8.21. The molecule has 0 aliphatic heterocycles. The molecule has 1 aromatic carbocycles. The van der Waals surface area contributed by atoms with E-state index in [1.165, 1.54) is 41.5 Å². The van der Waals surface area contributed by atoms with E-state index in [0.717, 1.165) is 10.9 Å². The zero-order chi connectivity index (χ0) is 13.2. The Bertz CT molecular complexity index is 595. The topological polar surface area (TPSA) is 38.9 Å². The van der Waals surface area contributed by atoms with E-state index in [1.54, 1.807) is 6.20 Å². The minimum Gasteiger partial charge on any atom is -0.324 e. The fraction of sp³-hybridized carbons (Fsp3) is 0.312. The predicted octanol–water partition coefficient (Wildman–Crippen LogP) is 3.58. The summed E-state index contributed by atoms with van der Waals surface area (Å²) in [6.45, 7) is 0. The summed E-state index contributed by atoms with van der Waals surface area (Å²) in [6, 6.07) is 8.84. The van der Waals surface area contributed by atoms with Crippen LogP contribution in [0.5, 0.6) is 0 Å². The van der Waals surface area contributed by atoms with Crippen LogP contribution in [-0.4, -0.2) is 4.98 Å². The second kappa shape index (κ2) is 5.43. The van der Waals surface area contributed by atoms with E-state index in [-0.39, 0.29) is 6.04 Å². The van der Waals surface area contributed by atoms with Crippen molar-refractivity contribution in [1.82, 2.24) is 4.98 Å². The molecule has 1 aliphatic carbocycles. The van der Waals surface area contributed by atoms with Crippen LogP contribution in [0, 0.1) is 0 Å². The fourth-order valence-electron chi connectivity index (χ4n) is 2.76. The Kier molecular flexibility index (Phi) is 3.67. The van der Waals surface area contributed by atoms with Crippen molar-refractivity contribution in [2.45, 2.75) is 31.7 Å². The van der Waals surface area contributed by atoms with Crippen LogP contribution >= 0.6 is 15.9 Å². The third-order valence-corrected chi connectivity index (χ3v) is 4.20. The van der Waals surface area contributed by atoms with E-state index in [0.29, 0.717) is 0 Å². The quantitative estimate of drug-likeness (QED) is 0.940. The van der Waals surface area contributed by atoms with Gasteiger partial charge in [-0.15, -0.1) is 0 Å². The lowest BCUT2D eigenvalue weighted by Crippen LogP contribution is -2.13. The maximum atomic E-state index is 6.33. The average molecular weight is 317 g/mol. The standard InChI is InChI=1S/C16H17BrN2/c17-15-6-11(9-19-10-15)7-16(18)14-5-4-12-2-1-3-13(12)8-14/h4-6,8-10,16H,1-3,7,18H2. The third-order valence-electron chi connectivity index (χ3n) is 3.77. The van der Waals surface area contributed by atoms with Crippen LogP contribution in [0.3, 0.4) is 0 Å². The first kappa shape index (κ1) is 12.8. The van der Waals surface area contributed by atoms with Gasteiger partial charge in [0.15, 0.2) is 0 Å². The molecule has 0 amide bonds. The first-order chi connectivity index (χ1) is 9.22. The molecule has 1 atom stereocenters. The van der Waals surface area contributed by atoms with Crippen molar-refractivity contribution >= 4 is 15.9 Å². The Labute approximate surface area is 122 Å². The molecule has 2 aromatic rings. The SMILES string of the molecule is NC(Cc1cncc(Br)c1)c1ccc2c(c1)CCC2. The monoisotopic (exact) mass is 316 g/mol. The number of nitrogens with zero attached hydrogens (tertiary/aromatic N) is 1. The number of nitrogens with two attached hydrogens (primary N) is 1. The molecule has 0 spiro atoms. The third kappa shape index (κ3) is 2.88. The van der Waals surface area contributed by atoms with E-state index >= 15 is 0 Å². The van der Waals surface area contributed by atoms with Gasteiger partial charge < -0.3 is 5.73 Å². The van der Waals surface area contributed by atoms with Gasteiger partial charge in [0.1, 0.15) is 0 Å². The van der Waals surface area contributed by atoms with Gasteiger partial charge in [0.25, 0.3) is 0 Å². The summed E-state index contributed by atoms with van der Waals surface area (Å²) < 4.78 is 1.01. The molecule has 3 heteroatoms. The molecule has 2 N–H and O–H groups in total. The number of benzene rings is 1. The maximum Gasteiger partial charge on any atom is 0.0410 e. The van der Waals surface area contributed by atoms with Crippen LogP contribution in [0.2, 0.25) is 0 Å². The fourth-order valence-corrected chi connectivity index (χ4v) is 3.17. The van der Waals surface area contributed by atoms with Crippen molar-refractivity contribution in [3.05, 3.63) is 63.4 Å². The first-order valence-corrected chi connectivity index (χ1v) is 7.48. The molecule has 19 heavy (non-hydrogen) atoms. The number of aromatic nitrogens is 1. The molecule has 1 aromatic heterocycles. The molecule has 0 radical (unpaired) electrons. The highest BCUT2D eigenvalue weighted by Gasteiger charge is 2.14. The van der Waals surface area contributed by atoms with E-state index in [1.807, 2.05) is 6.20 Å². The molecule has 1 unspecified atom stereocenters. The summed E-state index contributed by atoms with van der Waals surface area (Å²) in [4.78, 5) is 4.19. The Morgan fingerprint density at radius 2 is 2.00 bits per heavy atom. The molecule has 0 bridgehead atoms. The van der Waals surface area contributed by atoms with Crippen LogP contribution in [0.25, 0.3) is 0 Å². The van der Waals surface area contributed by atoms with Gasteiger partial charge in [0.05, 0.1) is 0 Å².